The van der Waals surface area contributed by atoms with Crippen molar-refractivity contribution in [1.29, 1.82) is 0 Å². The molecule has 0 unspecified atom stereocenters. The normalized spacial score (nSPS) is 10.7. The van der Waals surface area contributed by atoms with Gasteiger partial charge in [-0.25, -0.2) is 0 Å². The van der Waals surface area contributed by atoms with Gasteiger partial charge in [0.15, 0.2) is 11.5 Å². The molecule has 0 saturated carbocycles. The number of phenols is 1. The zero-order chi connectivity index (χ0) is 21.6. The number of benzene rings is 2. The molecule has 0 aromatic heterocycles. The minimum absolute atomic E-state index is 0.161. The highest BCUT2D eigenvalue weighted by molar-refractivity contribution is 5.91. The Morgan fingerprint density at radius 1 is 1.10 bits per heavy atom. The van der Waals surface area contributed by atoms with Crippen LogP contribution in [0.25, 0.3) is 6.08 Å². The number of carbonyl (C=O) groups excluding carboxylic acids is 1. The molecule has 0 bridgehead atoms. The standard InChI is InChI=1S/C25H31NO4/c1-3-5-6-18-30-24-19-21(9-13-23(24)29-17-4-2)10-14-25(28)26-16-15-20-7-11-22(27)12-8-20/h4,7-14,19,27H,2-3,5-6,15-18H2,1H3,(H,26,28). The lowest BCUT2D eigenvalue weighted by Crippen LogP contribution is -2.23. The summed E-state index contributed by atoms with van der Waals surface area (Å²) in [6.45, 7) is 7.38. The Bertz CT molecular complexity index is 828. The first-order valence-electron chi connectivity index (χ1n) is 10.4. The lowest BCUT2D eigenvalue weighted by atomic mass is 10.1. The van der Waals surface area contributed by atoms with Gasteiger partial charge in [-0.3, -0.25) is 4.79 Å². The fraction of sp³-hybridized carbons (Fsp3) is 0.320. The van der Waals surface area contributed by atoms with E-state index in [9.17, 15) is 9.90 Å². The minimum Gasteiger partial charge on any atom is -0.508 e. The van der Waals surface area contributed by atoms with E-state index in [0.717, 1.165) is 30.4 Å². The molecule has 30 heavy (non-hydrogen) atoms. The minimum atomic E-state index is -0.161. The molecule has 0 fully saturated rings. The third kappa shape index (κ3) is 8.43. The van der Waals surface area contributed by atoms with Crippen LogP contribution in [0, 0.1) is 0 Å². The quantitative estimate of drug-likeness (QED) is 0.281. The monoisotopic (exact) mass is 409 g/mol. The Morgan fingerprint density at radius 2 is 1.90 bits per heavy atom. The van der Waals surface area contributed by atoms with Crippen LogP contribution in [0.5, 0.6) is 17.2 Å². The van der Waals surface area contributed by atoms with Gasteiger partial charge in [-0.15, -0.1) is 0 Å². The van der Waals surface area contributed by atoms with E-state index in [1.165, 1.54) is 6.08 Å². The van der Waals surface area contributed by atoms with Crippen LogP contribution in [0.2, 0.25) is 0 Å². The highest BCUT2D eigenvalue weighted by atomic mass is 16.5. The van der Waals surface area contributed by atoms with Crippen LogP contribution in [0.4, 0.5) is 0 Å². The van der Waals surface area contributed by atoms with Gasteiger partial charge in [0.1, 0.15) is 12.4 Å². The molecule has 0 radical (unpaired) electrons. The van der Waals surface area contributed by atoms with E-state index in [-0.39, 0.29) is 11.7 Å². The maximum atomic E-state index is 12.1. The second-order valence-electron chi connectivity index (χ2n) is 6.90. The molecule has 0 aliphatic carbocycles. The molecule has 0 heterocycles. The summed E-state index contributed by atoms with van der Waals surface area (Å²) >= 11 is 0. The molecule has 0 atom stereocenters. The van der Waals surface area contributed by atoms with E-state index in [2.05, 4.69) is 18.8 Å². The van der Waals surface area contributed by atoms with E-state index in [1.807, 2.05) is 30.3 Å². The van der Waals surface area contributed by atoms with Crippen molar-refractivity contribution >= 4 is 12.0 Å². The van der Waals surface area contributed by atoms with Gasteiger partial charge in [-0.05, 0) is 54.3 Å². The highest BCUT2D eigenvalue weighted by Crippen LogP contribution is 2.29. The zero-order valence-corrected chi connectivity index (χ0v) is 17.6. The predicted octanol–water partition coefficient (Wildman–Crippen LogP) is 4.90. The number of ether oxygens (including phenoxy) is 2. The molecule has 0 aliphatic rings. The summed E-state index contributed by atoms with van der Waals surface area (Å²) in [6.07, 6.45) is 8.90. The molecule has 2 rings (SSSR count). The van der Waals surface area contributed by atoms with Crippen LogP contribution in [0.15, 0.2) is 61.2 Å². The Kier molecular flexibility index (Phi) is 10.1. The first kappa shape index (κ1) is 23.1. The molecule has 0 spiro atoms. The van der Waals surface area contributed by atoms with E-state index in [1.54, 1.807) is 24.3 Å². The van der Waals surface area contributed by atoms with Crippen molar-refractivity contribution in [3.05, 3.63) is 72.3 Å². The largest absolute Gasteiger partial charge is 0.508 e. The molecule has 160 valence electrons. The summed E-state index contributed by atoms with van der Waals surface area (Å²) in [7, 11) is 0. The molecule has 2 N–H and O–H groups in total. The number of phenolic OH excluding ortho intramolecular Hbond substituents is 1. The van der Waals surface area contributed by atoms with Crippen LogP contribution in [-0.2, 0) is 11.2 Å². The van der Waals surface area contributed by atoms with Gasteiger partial charge < -0.3 is 19.9 Å². The van der Waals surface area contributed by atoms with Gasteiger partial charge >= 0.3 is 0 Å². The van der Waals surface area contributed by atoms with Gasteiger partial charge in [0.2, 0.25) is 5.91 Å². The number of rotatable bonds is 13. The fourth-order valence-electron chi connectivity index (χ4n) is 2.77. The molecular weight excluding hydrogens is 378 g/mol. The van der Waals surface area contributed by atoms with Crippen molar-refractivity contribution in [3.63, 3.8) is 0 Å². The SMILES string of the molecule is C=CCOc1ccc(C=CC(=O)NCCc2ccc(O)cc2)cc1OCCCCC. The molecule has 2 aromatic rings. The highest BCUT2D eigenvalue weighted by Gasteiger charge is 2.06. The average molecular weight is 410 g/mol. The second-order valence-corrected chi connectivity index (χ2v) is 6.90. The smallest absolute Gasteiger partial charge is 0.244 e. The van der Waals surface area contributed by atoms with Gasteiger partial charge in [-0.2, -0.15) is 0 Å². The summed E-state index contributed by atoms with van der Waals surface area (Å²) < 4.78 is 11.6. The first-order valence-corrected chi connectivity index (χ1v) is 10.4. The molecule has 0 aliphatic heterocycles. The zero-order valence-electron chi connectivity index (χ0n) is 17.6. The summed E-state index contributed by atoms with van der Waals surface area (Å²) in [5.74, 6) is 1.41. The number of aromatic hydroxyl groups is 1. The third-order valence-electron chi connectivity index (χ3n) is 4.41. The summed E-state index contributed by atoms with van der Waals surface area (Å²) in [5.41, 5.74) is 1.91. The van der Waals surface area contributed by atoms with Crippen molar-refractivity contribution < 1.29 is 19.4 Å². The average Bonchev–Trinajstić information content (AvgIpc) is 2.76. The number of amides is 1. The van der Waals surface area contributed by atoms with Crippen LogP contribution in [-0.4, -0.2) is 30.8 Å². The molecule has 1 amide bonds. The number of carbonyl (C=O) groups is 1. The van der Waals surface area contributed by atoms with Gasteiger partial charge in [0.05, 0.1) is 6.61 Å². The van der Waals surface area contributed by atoms with Crippen molar-refractivity contribution in [2.45, 2.75) is 32.6 Å². The topological polar surface area (TPSA) is 67.8 Å². The lowest BCUT2D eigenvalue weighted by Gasteiger charge is -2.12. The van der Waals surface area contributed by atoms with Crippen molar-refractivity contribution in [3.8, 4) is 17.2 Å². The summed E-state index contributed by atoms with van der Waals surface area (Å²) in [5, 5.41) is 12.2. The van der Waals surface area contributed by atoms with Crippen LogP contribution < -0.4 is 14.8 Å². The maximum Gasteiger partial charge on any atom is 0.244 e. The van der Waals surface area contributed by atoms with Crippen molar-refractivity contribution in [2.75, 3.05) is 19.8 Å². The number of nitrogens with one attached hydrogen (secondary N) is 1. The molecule has 2 aromatic carbocycles. The maximum absolute atomic E-state index is 12.1. The Balaban J connectivity index is 1.90. The Morgan fingerprint density at radius 3 is 2.63 bits per heavy atom. The Labute approximate surface area is 179 Å². The lowest BCUT2D eigenvalue weighted by molar-refractivity contribution is -0.116. The predicted molar refractivity (Wildman–Crippen MR) is 121 cm³/mol. The van der Waals surface area contributed by atoms with E-state index >= 15 is 0 Å². The summed E-state index contributed by atoms with van der Waals surface area (Å²) in [6, 6.07) is 12.6. The number of hydrogen-bond donors (Lipinski definition) is 2. The van der Waals surface area contributed by atoms with Gasteiger partial charge in [0, 0.05) is 12.6 Å². The first-order chi connectivity index (χ1) is 14.6. The third-order valence-corrected chi connectivity index (χ3v) is 4.41. The van der Waals surface area contributed by atoms with Crippen molar-refractivity contribution in [2.24, 2.45) is 0 Å². The number of hydrogen-bond acceptors (Lipinski definition) is 4. The Hall–Kier alpha value is -3.21. The number of unbranched alkanes of at least 4 members (excludes halogenated alkanes) is 2. The molecular formula is C25H31NO4. The van der Waals surface area contributed by atoms with Gasteiger partial charge in [-0.1, -0.05) is 50.6 Å². The fourth-order valence-corrected chi connectivity index (χ4v) is 2.77. The molecule has 0 saturated heterocycles. The second kappa shape index (κ2) is 13.1. The van der Waals surface area contributed by atoms with E-state index in [0.29, 0.717) is 37.7 Å². The van der Waals surface area contributed by atoms with E-state index in [4.69, 9.17) is 9.47 Å². The molecule has 5 heteroatoms. The van der Waals surface area contributed by atoms with Gasteiger partial charge in [0.25, 0.3) is 0 Å². The van der Waals surface area contributed by atoms with E-state index < -0.39 is 0 Å². The van der Waals surface area contributed by atoms with Crippen LogP contribution >= 0.6 is 0 Å². The van der Waals surface area contributed by atoms with Crippen molar-refractivity contribution in [1.82, 2.24) is 5.32 Å². The summed E-state index contributed by atoms with van der Waals surface area (Å²) in [4.78, 5) is 12.1. The van der Waals surface area contributed by atoms with Crippen LogP contribution in [0.1, 0.15) is 37.3 Å². The van der Waals surface area contributed by atoms with Crippen LogP contribution in [0.3, 0.4) is 0 Å². The molecule has 5 nitrogen and oxygen atoms in total.